The van der Waals surface area contributed by atoms with E-state index in [1.807, 2.05) is 43.3 Å². The van der Waals surface area contributed by atoms with Gasteiger partial charge in [-0.15, -0.1) is 11.3 Å². The van der Waals surface area contributed by atoms with Crippen LogP contribution in [0.4, 0.5) is 0 Å². The smallest absolute Gasteiger partial charge is 0.252 e. The first-order valence-corrected chi connectivity index (χ1v) is 14.7. The topological polar surface area (TPSA) is 87.0 Å². The number of amides is 1. The molecule has 0 spiro atoms. The van der Waals surface area contributed by atoms with Gasteiger partial charge in [-0.05, 0) is 91.9 Å². The number of carbonyl (C=O) groups excluding carboxylic acids is 1. The molecule has 2 N–H and O–H groups in total. The number of nitriles is 1. The van der Waals surface area contributed by atoms with Gasteiger partial charge < -0.3 is 15.4 Å². The van der Waals surface area contributed by atoms with Crippen molar-refractivity contribution in [2.45, 2.75) is 43.5 Å². The van der Waals surface area contributed by atoms with Crippen molar-refractivity contribution >= 4 is 38.4 Å². The second kappa shape index (κ2) is 9.42. The minimum Gasteiger partial charge on any atom is -0.494 e. The zero-order valence-electron chi connectivity index (χ0n) is 20.9. The molecule has 1 unspecified atom stereocenters. The molecule has 2 aliphatic rings. The van der Waals surface area contributed by atoms with Crippen LogP contribution in [0.1, 0.15) is 45.6 Å². The number of pyridine rings is 1. The van der Waals surface area contributed by atoms with Crippen LogP contribution in [0, 0.1) is 18.3 Å². The van der Waals surface area contributed by atoms with E-state index in [9.17, 15) is 10.1 Å². The van der Waals surface area contributed by atoms with Crippen LogP contribution in [0.3, 0.4) is 0 Å². The fraction of sp³-hybridized carbons (Fsp3) is 0.276. The molecule has 1 amide bonds. The molecule has 6 rings (SSSR count). The van der Waals surface area contributed by atoms with Gasteiger partial charge in [-0.3, -0.25) is 9.78 Å². The molecule has 4 aromatic rings. The molecule has 6 nitrogen and oxygen atoms in total. The maximum Gasteiger partial charge on any atom is 0.252 e. The molecule has 1 aliphatic carbocycles. The van der Waals surface area contributed by atoms with Crippen LogP contribution in [0.25, 0.3) is 21.3 Å². The Morgan fingerprint density at radius 2 is 2.11 bits per heavy atom. The molecule has 1 saturated heterocycles. The van der Waals surface area contributed by atoms with Crippen LogP contribution < -0.4 is 15.4 Å². The lowest BCUT2D eigenvalue weighted by atomic mass is 9.95. The van der Waals surface area contributed by atoms with Crippen LogP contribution >= 0.6 is 11.3 Å². The van der Waals surface area contributed by atoms with Crippen molar-refractivity contribution in [3.63, 3.8) is 0 Å². The first-order valence-electron chi connectivity index (χ1n) is 12.7. The van der Waals surface area contributed by atoms with Gasteiger partial charge in [0.1, 0.15) is 16.7 Å². The van der Waals surface area contributed by atoms with E-state index in [2.05, 4.69) is 39.9 Å². The maximum absolute atomic E-state index is 13.6. The summed E-state index contributed by atoms with van der Waals surface area (Å²) in [7, 11) is 0.921. The Hall–Kier alpha value is -3.51. The predicted molar refractivity (Wildman–Crippen MR) is 150 cm³/mol. The van der Waals surface area contributed by atoms with E-state index in [4.69, 9.17) is 4.74 Å². The van der Waals surface area contributed by atoms with Crippen LogP contribution in [-0.2, 0) is 5.54 Å². The second-order valence-corrected chi connectivity index (χ2v) is 12.3. The average molecular weight is 525 g/mol. The lowest BCUT2D eigenvalue weighted by Gasteiger charge is -2.33. The summed E-state index contributed by atoms with van der Waals surface area (Å²) >= 11 is 1.47. The van der Waals surface area contributed by atoms with Crippen molar-refractivity contribution in [1.82, 2.24) is 15.6 Å². The third-order valence-electron chi connectivity index (χ3n) is 7.54. The second-order valence-electron chi connectivity index (χ2n) is 10.1. The van der Waals surface area contributed by atoms with Crippen molar-refractivity contribution in [3.05, 3.63) is 82.4 Å². The number of ether oxygens (including phenoxy) is 1. The lowest BCUT2D eigenvalue weighted by molar-refractivity contribution is 0.0929. The molecule has 0 bridgehead atoms. The van der Waals surface area contributed by atoms with E-state index in [1.165, 1.54) is 11.3 Å². The fourth-order valence-electron chi connectivity index (χ4n) is 5.07. The van der Waals surface area contributed by atoms with Crippen molar-refractivity contribution in [1.29, 1.82) is 5.26 Å². The van der Waals surface area contributed by atoms with Crippen molar-refractivity contribution in [2.24, 2.45) is 0 Å². The monoisotopic (exact) mass is 524 g/mol. The molecule has 2 fully saturated rings. The van der Waals surface area contributed by atoms with Gasteiger partial charge in [0.2, 0.25) is 0 Å². The van der Waals surface area contributed by atoms with Gasteiger partial charge in [0, 0.05) is 28.1 Å². The number of carbonyl (C=O) groups is 1. The fourth-order valence-corrected chi connectivity index (χ4v) is 6.70. The zero-order chi connectivity index (χ0) is 25.6. The molecule has 0 radical (unpaired) electrons. The molecule has 2 aromatic heterocycles. The van der Waals surface area contributed by atoms with Gasteiger partial charge in [0.25, 0.3) is 5.91 Å². The van der Waals surface area contributed by atoms with Gasteiger partial charge in [0.05, 0.1) is 27.0 Å². The normalized spacial score (nSPS) is 18.5. The summed E-state index contributed by atoms with van der Waals surface area (Å²) < 4.78 is 6.22. The highest BCUT2D eigenvalue weighted by Crippen LogP contribution is 2.49. The number of nitrogens with zero attached hydrogens (tertiary/aromatic N) is 2. The molecular weight excluding hydrogens is 496 g/mol. The third kappa shape index (κ3) is 4.55. The minimum absolute atomic E-state index is 0.0857. The highest BCUT2D eigenvalue weighted by Gasteiger charge is 2.47. The molecule has 1 saturated carbocycles. The number of aryl methyl sites for hydroxylation is 1. The van der Waals surface area contributed by atoms with Gasteiger partial charge >= 0.3 is 0 Å². The van der Waals surface area contributed by atoms with Crippen LogP contribution in [0.2, 0.25) is 0 Å². The summed E-state index contributed by atoms with van der Waals surface area (Å²) in [5, 5.41) is 17.1. The molecular formula is C29H28N4O2SSi. The summed E-state index contributed by atoms with van der Waals surface area (Å²) in [4.78, 5) is 20.0. The number of thiophene rings is 1. The summed E-state index contributed by atoms with van der Waals surface area (Å²) in [6, 6.07) is 20.5. The molecule has 1 aliphatic heterocycles. The van der Waals surface area contributed by atoms with Crippen molar-refractivity contribution in [3.8, 4) is 22.3 Å². The summed E-state index contributed by atoms with van der Waals surface area (Å²) in [6.07, 6.45) is 4.67. The Morgan fingerprint density at radius 1 is 1.27 bits per heavy atom. The Kier molecular flexibility index (Phi) is 6.07. The minimum atomic E-state index is -0.441. The predicted octanol–water partition coefficient (Wildman–Crippen LogP) is 3.99. The number of hydrogen-bond acceptors (Lipinski definition) is 6. The largest absolute Gasteiger partial charge is 0.494 e. The molecule has 2 aromatic carbocycles. The quantitative estimate of drug-likeness (QED) is 0.357. The number of fused-ring (bicyclic) bond motifs is 1. The molecule has 8 heteroatoms. The Morgan fingerprint density at radius 3 is 2.81 bits per heavy atom. The van der Waals surface area contributed by atoms with E-state index < -0.39 is 5.54 Å². The van der Waals surface area contributed by atoms with Gasteiger partial charge in [-0.2, -0.15) is 5.26 Å². The van der Waals surface area contributed by atoms with E-state index in [0.717, 1.165) is 74.3 Å². The standard InChI is InChI=1S/C29H28N4O2SSi/c1-17-4-5-19(35-28(37)24-8-12-32-24)15-22(17)27(34)33-29(9-10-29)23-13-18(26-7-6-20(16-30)36-26)14-25-21(23)3-2-11-31-25/h2-7,11,13-15,24,28,32H,8-10,12H2,1,37H3,(H,33,34)/t24-,28?/m0/s1. The van der Waals surface area contributed by atoms with Crippen LogP contribution in [0.5, 0.6) is 5.75 Å². The maximum atomic E-state index is 13.6. The summed E-state index contributed by atoms with van der Waals surface area (Å²) in [5.41, 5.74) is 4.30. The van der Waals surface area contributed by atoms with E-state index in [0.29, 0.717) is 16.5 Å². The highest BCUT2D eigenvalue weighted by atomic mass is 32.1. The summed E-state index contributed by atoms with van der Waals surface area (Å²) in [6.45, 7) is 3.02. The highest BCUT2D eigenvalue weighted by molar-refractivity contribution is 7.16. The third-order valence-corrected chi connectivity index (χ3v) is 9.62. The lowest BCUT2D eigenvalue weighted by Crippen LogP contribution is -2.53. The number of rotatable bonds is 7. The number of aromatic nitrogens is 1. The first-order chi connectivity index (χ1) is 18.0. The molecule has 37 heavy (non-hydrogen) atoms. The first kappa shape index (κ1) is 23.9. The molecule has 3 heterocycles. The van der Waals surface area contributed by atoms with Crippen LogP contribution in [0.15, 0.2) is 60.8 Å². The van der Waals surface area contributed by atoms with E-state index in [-0.39, 0.29) is 11.6 Å². The molecule has 2 atom stereocenters. The zero-order valence-corrected chi connectivity index (χ0v) is 23.7. The molecule has 186 valence electrons. The van der Waals surface area contributed by atoms with Crippen LogP contribution in [-0.4, -0.2) is 39.4 Å². The average Bonchev–Trinajstić information content (AvgIpc) is 3.47. The van der Waals surface area contributed by atoms with Gasteiger partial charge in [-0.25, -0.2) is 0 Å². The SMILES string of the molecule is Cc1ccc(OC([SiH3])[C@@H]2CCN2)cc1C(=O)NC1(c2cc(-c3ccc(C#N)s3)cc3ncccc23)CC1. The Labute approximate surface area is 223 Å². The van der Waals surface area contributed by atoms with E-state index >= 15 is 0 Å². The Bertz CT molecular complexity index is 1550. The Balaban J connectivity index is 1.32. The van der Waals surface area contributed by atoms with Crippen molar-refractivity contribution in [2.75, 3.05) is 6.54 Å². The van der Waals surface area contributed by atoms with Crippen molar-refractivity contribution < 1.29 is 9.53 Å². The van der Waals surface area contributed by atoms with Gasteiger partial charge in [-0.1, -0.05) is 12.1 Å². The number of nitrogens with one attached hydrogen (secondary N) is 2. The number of hydrogen-bond donors (Lipinski definition) is 2. The van der Waals surface area contributed by atoms with E-state index in [1.54, 1.807) is 6.20 Å². The summed E-state index contributed by atoms with van der Waals surface area (Å²) in [5.74, 6) is 0.661. The van der Waals surface area contributed by atoms with Gasteiger partial charge in [0.15, 0.2) is 0 Å². The number of benzene rings is 2.